The average Bonchev–Trinajstić information content (AvgIpc) is 3.14. The van der Waals surface area contributed by atoms with Crippen LogP contribution in [0.4, 0.5) is 11.5 Å². The van der Waals surface area contributed by atoms with Crippen LogP contribution in [0.2, 0.25) is 5.02 Å². The number of anilines is 2. The molecule has 0 spiro atoms. The van der Waals surface area contributed by atoms with E-state index < -0.39 is 0 Å². The quantitative estimate of drug-likeness (QED) is 0.575. The van der Waals surface area contributed by atoms with E-state index in [1.54, 1.807) is 44.6 Å². The summed E-state index contributed by atoms with van der Waals surface area (Å²) in [5.41, 5.74) is 1.64. The zero-order valence-corrected chi connectivity index (χ0v) is 15.5. The number of aromatic amines is 1. The largest absolute Gasteiger partial charge is 0.497 e. The van der Waals surface area contributed by atoms with Gasteiger partial charge in [-0.3, -0.25) is 4.79 Å². The molecule has 0 aliphatic heterocycles. The summed E-state index contributed by atoms with van der Waals surface area (Å²) in [7, 11) is 3.14. The van der Waals surface area contributed by atoms with Crippen molar-refractivity contribution in [3.63, 3.8) is 0 Å². The molecule has 3 N–H and O–H groups in total. The number of nitrogens with zero attached hydrogens (tertiary/aromatic N) is 2. The molecule has 140 valence electrons. The van der Waals surface area contributed by atoms with Crippen molar-refractivity contribution < 1.29 is 14.3 Å². The molecule has 3 rings (SSSR count). The first-order valence-electron chi connectivity index (χ1n) is 8.03. The number of methoxy groups -OCH3 is 2. The van der Waals surface area contributed by atoms with Crippen molar-refractivity contribution in [1.82, 2.24) is 20.7 Å². The third-order valence-corrected chi connectivity index (χ3v) is 4.02. The number of benzene rings is 2. The zero-order valence-electron chi connectivity index (χ0n) is 14.7. The topological polar surface area (TPSA) is 101 Å². The smallest absolute Gasteiger partial charge is 0.275 e. The van der Waals surface area contributed by atoms with Crippen LogP contribution in [-0.4, -0.2) is 35.5 Å². The van der Waals surface area contributed by atoms with Crippen LogP contribution < -0.4 is 20.1 Å². The molecule has 0 radical (unpaired) electrons. The van der Waals surface area contributed by atoms with E-state index in [9.17, 15) is 4.79 Å². The molecular formula is C18H18ClN5O3. The minimum Gasteiger partial charge on any atom is -0.497 e. The van der Waals surface area contributed by atoms with Crippen LogP contribution in [-0.2, 0) is 6.54 Å². The van der Waals surface area contributed by atoms with Gasteiger partial charge >= 0.3 is 0 Å². The Hall–Kier alpha value is -3.26. The summed E-state index contributed by atoms with van der Waals surface area (Å²) in [6, 6.07) is 12.5. The lowest BCUT2D eigenvalue weighted by molar-refractivity contribution is 0.0946. The minimum absolute atomic E-state index is 0.141. The number of ether oxygens (including phenoxy) is 2. The molecule has 0 bridgehead atoms. The van der Waals surface area contributed by atoms with Gasteiger partial charge in [-0.1, -0.05) is 17.7 Å². The van der Waals surface area contributed by atoms with E-state index in [4.69, 9.17) is 21.1 Å². The van der Waals surface area contributed by atoms with Crippen LogP contribution in [0.5, 0.6) is 11.5 Å². The summed E-state index contributed by atoms with van der Waals surface area (Å²) in [5, 5.41) is 16.7. The van der Waals surface area contributed by atoms with Crippen molar-refractivity contribution in [2.24, 2.45) is 0 Å². The number of hydrogen-bond donors (Lipinski definition) is 3. The molecule has 1 amide bonds. The first-order chi connectivity index (χ1) is 13.1. The molecule has 27 heavy (non-hydrogen) atoms. The van der Waals surface area contributed by atoms with Crippen molar-refractivity contribution >= 4 is 29.0 Å². The second-order valence-electron chi connectivity index (χ2n) is 5.52. The summed E-state index contributed by atoms with van der Waals surface area (Å²) >= 11 is 5.97. The molecule has 3 aromatic rings. The van der Waals surface area contributed by atoms with E-state index in [1.807, 2.05) is 12.1 Å². The van der Waals surface area contributed by atoms with Crippen LogP contribution in [0.15, 0.2) is 42.5 Å². The molecule has 0 unspecified atom stereocenters. The summed E-state index contributed by atoms with van der Waals surface area (Å²) in [4.78, 5) is 12.5. The molecule has 2 aromatic carbocycles. The van der Waals surface area contributed by atoms with Gasteiger partial charge in [-0.05, 0) is 30.3 Å². The van der Waals surface area contributed by atoms with Crippen LogP contribution in [0.1, 0.15) is 16.1 Å². The molecule has 8 nitrogen and oxygen atoms in total. The Balaban J connectivity index is 1.70. The maximum atomic E-state index is 12.5. The number of aromatic nitrogens is 3. The van der Waals surface area contributed by atoms with Crippen LogP contribution in [0.25, 0.3) is 0 Å². The number of carbonyl (C=O) groups excluding carboxylic acids is 1. The van der Waals surface area contributed by atoms with Gasteiger partial charge in [0.2, 0.25) is 0 Å². The van der Waals surface area contributed by atoms with E-state index in [0.29, 0.717) is 28.0 Å². The Labute approximate surface area is 160 Å². The van der Waals surface area contributed by atoms with Crippen molar-refractivity contribution in [3.05, 3.63) is 58.7 Å². The van der Waals surface area contributed by atoms with Gasteiger partial charge in [0, 0.05) is 28.9 Å². The summed E-state index contributed by atoms with van der Waals surface area (Å²) < 4.78 is 10.5. The Morgan fingerprint density at radius 3 is 2.74 bits per heavy atom. The summed E-state index contributed by atoms with van der Waals surface area (Å²) in [5.74, 6) is 1.21. The maximum Gasteiger partial charge on any atom is 0.275 e. The zero-order chi connectivity index (χ0) is 19.2. The van der Waals surface area contributed by atoms with E-state index in [2.05, 4.69) is 26.0 Å². The SMILES string of the molecule is COc1ccc(CNC(=O)c2n[nH]nc2Nc2cccc(Cl)c2)c(OC)c1. The van der Waals surface area contributed by atoms with Crippen molar-refractivity contribution in [2.75, 3.05) is 19.5 Å². The highest BCUT2D eigenvalue weighted by Crippen LogP contribution is 2.25. The van der Waals surface area contributed by atoms with Gasteiger partial charge in [0.25, 0.3) is 5.91 Å². The summed E-state index contributed by atoms with van der Waals surface area (Å²) in [6.07, 6.45) is 0. The van der Waals surface area contributed by atoms with Crippen molar-refractivity contribution in [2.45, 2.75) is 6.54 Å². The molecule has 0 aliphatic carbocycles. The molecule has 1 heterocycles. The minimum atomic E-state index is -0.383. The molecule has 0 saturated heterocycles. The highest BCUT2D eigenvalue weighted by atomic mass is 35.5. The molecule has 9 heteroatoms. The third kappa shape index (κ3) is 4.48. The highest BCUT2D eigenvalue weighted by Gasteiger charge is 2.17. The van der Waals surface area contributed by atoms with Crippen molar-refractivity contribution in [1.29, 1.82) is 0 Å². The molecule has 0 atom stereocenters. The molecular weight excluding hydrogens is 370 g/mol. The summed E-state index contributed by atoms with van der Waals surface area (Å²) in [6.45, 7) is 0.259. The molecule has 0 fully saturated rings. The van der Waals surface area contributed by atoms with Gasteiger partial charge in [0.1, 0.15) is 11.5 Å². The first kappa shape index (κ1) is 18.5. The number of rotatable bonds is 7. The Morgan fingerprint density at radius 1 is 1.15 bits per heavy atom. The predicted octanol–water partition coefficient (Wildman–Crippen LogP) is 3.15. The van der Waals surface area contributed by atoms with Crippen molar-refractivity contribution in [3.8, 4) is 11.5 Å². The van der Waals surface area contributed by atoms with E-state index in [1.165, 1.54) is 0 Å². The van der Waals surface area contributed by atoms with Gasteiger partial charge in [0.15, 0.2) is 11.5 Å². The van der Waals surface area contributed by atoms with E-state index in [0.717, 1.165) is 5.56 Å². The number of carbonyl (C=O) groups is 1. The lowest BCUT2D eigenvalue weighted by atomic mass is 10.2. The maximum absolute atomic E-state index is 12.5. The lowest BCUT2D eigenvalue weighted by Crippen LogP contribution is -2.24. The molecule has 1 aromatic heterocycles. The monoisotopic (exact) mass is 387 g/mol. The molecule has 0 saturated carbocycles. The molecule has 0 aliphatic rings. The van der Waals surface area contributed by atoms with Gasteiger partial charge < -0.3 is 20.1 Å². The fraction of sp³-hybridized carbons (Fsp3) is 0.167. The van der Waals surface area contributed by atoms with Crippen LogP contribution in [0.3, 0.4) is 0 Å². The van der Waals surface area contributed by atoms with Gasteiger partial charge in [0.05, 0.1) is 14.2 Å². The van der Waals surface area contributed by atoms with Gasteiger partial charge in [-0.25, -0.2) is 0 Å². The second-order valence-corrected chi connectivity index (χ2v) is 5.95. The number of hydrogen-bond acceptors (Lipinski definition) is 6. The second kappa shape index (κ2) is 8.41. The fourth-order valence-corrected chi connectivity index (χ4v) is 2.63. The predicted molar refractivity (Wildman–Crippen MR) is 102 cm³/mol. The van der Waals surface area contributed by atoms with E-state index in [-0.39, 0.29) is 18.1 Å². The number of H-pyrrole nitrogens is 1. The number of nitrogens with one attached hydrogen (secondary N) is 3. The number of amides is 1. The van der Waals surface area contributed by atoms with E-state index >= 15 is 0 Å². The van der Waals surface area contributed by atoms with Gasteiger partial charge in [-0.2, -0.15) is 5.21 Å². The first-order valence-corrected chi connectivity index (χ1v) is 8.41. The normalized spacial score (nSPS) is 10.3. The highest BCUT2D eigenvalue weighted by molar-refractivity contribution is 6.30. The van der Waals surface area contributed by atoms with Crippen LogP contribution in [0, 0.1) is 0 Å². The third-order valence-electron chi connectivity index (χ3n) is 3.78. The van der Waals surface area contributed by atoms with Crippen LogP contribution >= 0.6 is 11.6 Å². The lowest BCUT2D eigenvalue weighted by Gasteiger charge is -2.11. The number of halogens is 1. The Kier molecular flexibility index (Phi) is 5.77. The standard InChI is InChI=1S/C18H18ClN5O3/c1-26-14-7-6-11(15(9-14)27-2)10-20-18(25)16-17(23-24-22-16)21-13-5-3-4-12(19)8-13/h3-9H,10H2,1-2H3,(H,20,25)(H2,21,22,23,24). The Bertz CT molecular complexity index is 944. The Morgan fingerprint density at radius 2 is 2.00 bits per heavy atom. The fourth-order valence-electron chi connectivity index (χ4n) is 2.44. The average molecular weight is 388 g/mol. The van der Waals surface area contributed by atoms with Gasteiger partial charge in [-0.15, -0.1) is 10.2 Å².